The van der Waals surface area contributed by atoms with Gasteiger partial charge in [0.2, 0.25) is 11.8 Å². The molecule has 0 radical (unpaired) electrons. The Labute approximate surface area is 476 Å². The lowest BCUT2D eigenvalue weighted by Crippen LogP contribution is -2.51. The molecular weight excluding hydrogens is 1010 g/mol. The van der Waals surface area contributed by atoms with Crippen LogP contribution in [0.5, 0.6) is 11.5 Å². The van der Waals surface area contributed by atoms with Gasteiger partial charge < -0.3 is 39.9 Å². The normalized spacial score (nSPS) is 20.3. The highest BCUT2D eigenvalue weighted by Crippen LogP contribution is 2.55. The van der Waals surface area contributed by atoms with E-state index in [-0.39, 0.29) is 46.6 Å². The molecule has 4 N–H and O–H groups in total. The number of hydrogen-bond acceptors (Lipinski definition) is 8. The van der Waals surface area contributed by atoms with E-state index in [1.54, 1.807) is 54.7 Å². The van der Waals surface area contributed by atoms with Gasteiger partial charge in [-0.3, -0.25) is 9.59 Å². The van der Waals surface area contributed by atoms with Crippen molar-refractivity contribution in [3.05, 3.63) is 142 Å². The van der Waals surface area contributed by atoms with E-state index in [1.165, 1.54) is 96.7 Å². The average molecular weight is 1090 g/mol. The van der Waals surface area contributed by atoms with Crippen molar-refractivity contribution in [3.63, 3.8) is 0 Å². The van der Waals surface area contributed by atoms with Crippen molar-refractivity contribution in [3.8, 4) is 45.7 Å². The monoisotopic (exact) mass is 1090 g/mol. The summed E-state index contributed by atoms with van der Waals surface area (Å²) in [4.78, 5) is 75.4. The first-order valence-electron chi connectivity index (χ1n) is 29.9. The summed E-state index contributed by atoms with van der Waals surface area (Å²) in [5.41, 5.74) is 12.9. The van der Waals surface area contributed by atoms with Gasteiger partial charge >= 0.3 is 12.2 Å². The Morgan fingerprint density at radius 1 is 0.543 bits per heavy atom. The first-order valence-corrected chi connectivity index (χ1v) is 29.9. The number of likely N-dealkylation sites (tertiary alicyclic amines) is 2. The number of para-hydroxylation sites is 2. The smallest absolute Gasteiger partial charge is 0.410 e. The molecule has 420 valence electrons. The predicted octanol–water partition coefficient (Wildman–Crippen LogP) is 12.5. The highest BCUT2D eigenvalue weighted by molar-refractivity contribution is 5.88. The van der Waals surface area contributed by atoms with Crippen molar-refractivity contribution in [2.75, 3.05) is 13.1 Å². The maximum Gasteiger partial charge on any atom is 0.413 e. The standard InChI is InChI=1S/C67H76N8O6/c1-42(2)58(72-64(78)80-46-18-8-5-9-19-46)62(76)74-34-16-22-56(74)60-68-40-45(70-60)26-24-44-25-27-48(52-37-66(36-51(44)52)32-14-15-33-66)49-28-29-50(54-39-67(38-53(49)54)30-12-7-13-31-67)55-41-69-61(71-55)57-23-17-35-75(57)63(77)59(43(3)4)73-65(79)81-47-20-10-6-11-21-47/h5-6,8-11,18-21,25,27-29,40-43,56-59H,7,12-17,22-23,30-39H2,1-4H3,(H,68,70)(H,69,71)(H,72,78)(H,73,79)/t56-,57+,58+,59-/m1/s1. The third kappa shape index (κ3) is 11.0. The summed E-state index contributed by atoms with van der Waals surface area (Å²) in [6.45, 7) is 8.91. The topological polar surface area (TPSA) is 175 Å². The van der Waals surface area contributed by atoms with Crippen molar-refractivity contribution in [2.45, 2.75) is 161 Å². The molecule has 6 aliphatic rings. The fourth-order valence-corrected chi connectivity index (χ4v) is 14.7. The number of H-pyrrole nitrogens is 2. The van der Waals surface area contributed by atoms with Crippen LogP contribution in [0.3, 0.4) is 0 Å². The van der Waals surface area contributed by atoms with Crippen LogP contribution >= 0.6 is 0 Å². The lowest BCUT2D eigenvalue weighted by molar-refractivity contribution is -0.136. The number of nitrogens with zero attached hydrogens (tertiary/aromatic N) is 4. The number of aromatic nitrogens is 4. The first-order chi connectivity index (χ1) is 39.3. The fourth-order valence-electron chi connectivity index (χ4n) is 14.7. The molecule has 0 unspecified atom stereocenters. The molecule has 2 saturated carbocycles. The summed E-state index contributed by atoms with van der Waals surface area (Å²) < 4.78 is 11.0. The number of ether oxygens (including phenoxy) is 2. The minimum atomic E-state index is -0.760. The molecule has 2 spiro atoms. The summed E-state index contributed by atoms with van der Waals surface area (Å²) in [7, 11) is 0. The Morgan fingerprint density at radius 2 is 1.00 bits per heavy atom. The summed E-state index contributed by atoms with van der Waals surface area (Å²) in [5, 5.41) is 5.72. The molecule has 2 aromatic heterocycles. The molecule has 0 bridgehead atoms. The van der Waals surface area contributed by atoms with Crippen LogP contribution in [0.1, 0.15) is 168 Å². The highest BCUT2D eigenvalue weighted by atomic mass is 16.6. The van der Waals surface area contributed by atoms with Crippen LogP contribution in [-0.4, -0.2) is 78.9 Å². The second-order valence-electron chi connectivity index (χ2n) is 24.8. The van der Waals surface area contributed by atoms with Gasteiger partial charge in [-0.15, -0.1) is 0 Å². The van der Waals surface area contributed by atoms with Crippen molar-refractivity contribution in [2.24, 2.45) is 22.7 Å². The molecule has 6 aromatic rings. The van der Waals surface area contributed by atoms with Gasteiger partial charge in [0.25, 0.3) is 0 Å². The Hall–Kier alpha value is -7.66. The molecule has 4 fully saturated rings. The SMILES string of the molecule is CC(C)[C@H](NC(=O)Oc1ccccc1)C(=O)N1CCC[C@@H]1c1ncc(C#Cc2ccc(-c3ccc(-c4cnc([C@@H]5CCCN5C(=O)[C@H](NC(=O)Oc5ccccc5)C(C)C)[nH]4)c4c3CC3(CCCCC3)C4)c3c2CC2(CCCC2)C3)[nH]1. The number of benzene rings is 4. The zero-order valence-corrected chi connectivity index (χ0v) is 47.4. The molecule has 2 saturated heterocycles. The summed E-state index contributed by atoms with van der Waals surface area (Å²) in [5.74, 6) is 8.82. The van der Waals surface area contributed by atoms with Gasteiger partial charge in [-0.1, -0.05) is 120 Å². The van der Waals surface area contributed by atoms with E-state index >= 15 is 0 Å². The quantitative estimate of drug-likeness (QED) is 0.0876. The first kappa shape index (κ1) is 54.0. The number of rotatable bonds is 12. The van der Waals surface area contributed by atoms with Crippen LogP contribution in [0.15, 0.2) is 97.3 Å². The molecule has 4 aromatic carbocycles. The van der Waals surface area contributed by atoms with Gasteiger partial charge in [0.15, 0.2) is 0 Å². The van der Waals surface area contributed by atoms with E-state index in [9.17, 15) is 19.2 Å². The minimum Gasteiger partial charge on any atom is -0.410 e. The van der Waals surface area contributed by atoms with Gasteiger partial charge in [-0.25, -0.2) is 19.6 Å². The van der Waals surface area contributed by atoms with Gasteiger partial charge in [0, 0.05) is 24.2 Å². The summed E-state index contributed by atoms with van der Waals surface area (Å²) >= 11 is 0. The van der Waals surface area contributed by atoms with Crippen LogP contribution in [0.4, 0.5) is 9.59 Å². The van der Waals surface area contributed by atoms with E-state index in [4.69, 9.17) is 19.4 Å². The van der Waals surface area contributed by atoms with Crippen LogP contribution in [0, 0.1) is 34.5 Å². The predicted molar refractivity (Wildman–Crippen MR) is 311 cm³/mol. The van der Waals surface area contributed by atoms with Crippen molar-refractivity contribution < 1.29 is 28.7 Å². The van der Waals surface area contributed by atoms with E-state index in [2.05, 4.69) is 56.7 Å². The molecule has 4 heterocycles. The number of amides is 4. The van der Waals surface area contributed by atoms with Crippen LogP contribution in [0.2, 0.25) is 0 Å². The molecule has 14 nitrogen and oxygen atoms in total. The third-order valence-electron chi connectivity index (χ3n) is 18.8. The van der Waals surface area contributed by atoms with E-state index < -0.39 is 24.3 Å². The van der Waals surface area contributed by atoms with E-state index in [0.717, 1.165) is 68.4 Å². The lowest BCUT2D eigenvalue weighted by atomic mass is 9.72. The molecule has 81 heavy (non-hydrogen) atoms. The Kier molecular flexibility index (Phi) is 15.1. The minimum absolute atomic E-state index is 0.128. The average Bonchev–Trinajstić information content (AvgIpc) is 4.39. The summed E-state index contributed by atoms with van der Waals surface area (Å²) in [6.07, 6.45) is 21.2. The number of carbonyl (C=O) groups excluding carboxylic acids is 4. The zero-order valence-electron chi connectivity index (χ0n) is 47.4. The van der Waals surface area contributed by atoms with Gasteiger partial charge in [0.1, 0.15) is 40.9 Å². The van der Waals surface area contributed by atoms with E-state index in [0.29, 0.717) is 36.1 Å². The summed E-state index contributed by atoms with van der Waals surface area (Å²) in [6, 6.07) is 25.1. The largest absolute Gasteiger partial charge is 0.413 e. The maximum atomic E-state index is 14.4. The van der Waals surface area contributed by atoms with E-state index in [1.807, 2.05) is 55.8 Å². The number of nitrogens with one attached hydrogen (secondary N) is 4. The van der Waals surface area contributed by atoms with Gasteiger partial charge in [-0.05, 0) is 169 Å². The number of hydrogen-bond donors (Lipinski definition) is 4. The Balaban J connectivity index is 0.809. The van der Waals surface area contributed by atoms with Crippen molar-refractivity contribution >= 4 is 24.0 Å². The highest BCUT2D eigenvalue weighted by Gasteiger charge is 2.45. The second kappa shape index (κ2) is 22.7. The molecule has 4 aliphatic carbocycles. The zero-order chi connectivity index (χ0) is 55.8. The van der Waals surface area contributed by atoms with Crippen LogP contribution in [-0.2, 0) is 35.3 Å². The Morgan fingerprint density at radius 3 is 1.54 bits per heavy atom. The van der Waals surface area contributed by atoms with Crippen LogP contribution in [0.25, 0.3) is 22.4 Å². The lowest BCUT2D eigenvalue weighted by Gasteiger charge is -2.33. The molecule has 2 aliphatic heterocycles. The molecule has 12 rings (SSSR count). The second-order valence-corrected chi connectivity index (χ2v) is 24.8. The van der Waals surface area contributed by atoms with Gasteiger partial charge in [0.05, 0.1) is 30.2 Å². The van der Waals surface area contributed by atoms with Gasteiger partial charge in [-0.2, -0.15) is 0 Å². The van der Waals surface area contributed by atoms with Crippen molar-refractivity contribution in [1.82, 2.24) is 40.4 Å². The number of carbonyl (C=O) groups is 4. The van der Waals surface area contributed by atoms with Crippen LogP contribution < -0.4 is 20.1 Å². The maximum absolute atomic E-state index is 14.4. The van der Waals surface area contributed by atoms with Crippen molar-refractivity contribution in [1.29, 1.82) is 0 Å². The molecule has 4 atom stereocenters. The number of aromatic amines is 2. The third-order valence-corrected chi connectivity index (χ3v) is 18.8. The Bertz CT molecular complexity index is 3380. The molecule has 14 heteroatoms. The fraction of sp³-hybridized carbons (Fsp3) is 0.463. The number of fused-ring (bicyclic) bond motifs is 2. The molecular formula is C67H76N8O6. The number of imidazole rings is 2. The molecule has 4 amide bonds.